The van der Waals surface area contributed by atoms with Crippen molar-refractivity contribution in [1.82, 2.24) is 4.90 Å². The molecule has 4 nitrogen and oxygen atoms in total. The van der Waals surface area contributed by atoms with E-state index >= 15 is 0 Å². The fraction of sp³-hybridized carbons (Fsp3) is 0.571. The maximum Gasteiger partial charge on any atom is 0.255 e. The van der Waals surface area contributed by atoms with E-state index in [1.54, 1.807) is 11.8 Å². The van der Waals surface area contributed by atoms with E-state index in [2.05, 4.69) is 55.6 Å². The number of nitrogens with one attached hydrogen (secondary N) is 1. The standard InChI is InChI=1S/C35H52N2O2S/c1-5-6-7-8-9-10-11-12-13-14-15-16-25-39-33-31(35(2,3)4)18-17-19-32(33)36-34(38)30-22-20-29(21-23-30)27-37-24-26-40-28-37/h17-24,26H,5-16,25,27-28H2,1-4H3,(H,36,38). The zero-order valence-electron chi connectivity index (χ0n) is 25.5. The highest BCUT2D eigenvalue weighted by molar-refractivity contribution is 8.02. The smallest absolute Gasteiger partial charge is 0.255 e. The molecule has 0 spiro atoms. The second kappa shape index (κ2) is 17.4. The number of amides is 1. The molecule has 0 atom stereocenters. The predicted octanol–water partition coefficient (Wildman–Crippen LogP) is 10.3. The maximum atomic E-state index is 13.2. The molecule has 2 aromatic rings. The SMILES string of the molecule is CCCCCCCCCCCCCCOc1c(NC(=O)c2ccc(CN3C=CSC3)cc2)cccc1C(C)(C)C. The minimum Gasteiger partial charge on any atom is -0.491 e. The first kappa shape index (κ1) is 32.1. The molecule has 1 aliphatic rings. The highest BCUT2D eigenvalue weighted by Gasteiger charge is 2.22. The number of benzene rings is 2. The molecule has 0 unspecified atom stereocenters. The van der Waals surface area contributed by atoms with Gasteiger partial charge in [0.1, 0.15) is 5.75 Å². The lowest BCUT2D eigenvalue weighted by Gasteiger charge is -2.25. The Bertz CT molecular complexity index is 1040. The van der Waals surface area contributed by atoms with Crippen LogP contribution in [-0.4, -0.2) is 23.3 Å². The molecule has 0 bridgehead atoms. The molecule has 0 radical (unpaired) electrons. The Morgan fingerprint density at radius 2 is 1.50 bits per heavy atom. The van der Waals surface area contributed by atoms with Gasteiger partial charge in [-0.05, 0) is 41.0 Å². The van der Waals surface area contributed by atoms with Crippen LogP contribution < -0.4 is 10.1 Å². The Morgan fingerprint density at radius 1 is 0.875 bits per heavy atom. The molecular weight excluding hydrogens is 512 g/mol. The van der Waals surface area contributed by atoms with Crippen molar-refractivity contribution in [1.29, 1.82) is 0 Å². The number of nitrogens with zero attached hydrogens (tertiary/aromatic N) is 1. The normalized spacial score (nSPS) is 13.2. The number of rotatable bonds is 18. The van der Waals surface area contributed by atoms with Crippen LogP contribution in [0, 0.1) is 0 Å². The van der Waals surface area contributed by atoms with Gasteiger partial charge < -0.3 is 15.0 Å². The number of ether oxygens (including phenoxy) is 1. The predicted molar refractivity (Wildman–Crippen MR) is 173 cm³/mol. The van der Waals surface area contributed by atoms with E-state index in [1.165, 1.54) is 76.2 Å². The second-order valence-corrected chi connectivity index (χ2v) is 13.0. The van der Waals surface area contributed by atoms with Gasteiger partial charge in [0.15, 0.2) is 0 Å². The Labute approximate surface area is 248 Å². The van der Waals surface area contributed by atoms with Crippen LogP contribution in [0.5, 0.6) is 5.75 Å². The molecule has 1 heterocycles. The summed E-state index contributed by atoms with van der Waals surface area (Å²) in [5.41, 5.74) is 3.64. The molecule has 220 valence electrons. The molecule has 0 fully saturated rings. The summed E-state index contributed by atoms with van der Waals surface area (Å²) >= 11 is 1.80. The fourth-order valence-electron chi connectivity index (χ4n) is 5.10. The summed E-state index contributed by atoms with van der Waals surface area (Å²) in [4.78, 5) is 15.4. The van der Waals surface area contributed by atoms with Crippen molar-refractivity contribution in [3.05, 3.63) is 70.8 Å². The first-order valence-electron chi connectivity index (χ1n) is 15.6. The van der Waals surface area contributed by atoms with Gasteiger partial charge in [-0.2, -0.15) is 0 Å². The summed E-state index contributed by atoms with van der Waals surface area (Å²) in [7, 11) is 0. The molecule has 0 saturated heterocycles. The van der Waals surface area contributed by atoms with Gasteiger partial charge in [-0.3, -0.25) is 4.79 Å². The van der Waals surface area contributed by atoms with Crippen LogP contribution in [0.2, 0.25) is 0 Å². The highest BCUT2D eigenvalue weighted by atomic mass is 32.2. The zero-order valence-corrected chi connectivity index (χ0v) is 26.3. The summed E-state index contributed by atoms with van der Waals surface area (Å²) < 4.78 is 6.39. The van der Waals surface area contributed by atoms with E-state index in [9.17, 15) is 4.79 Å². The van der Waals surface area contributed by atoms with E-state index < -0.39 is 0 Å². The van der Waals surface area contributed by atoms with Crippen molar-refractivity contribution in [3.8, 4) is 5.75 Å². The van der Waals surface area contributed by atoms with Crippen LogP contribution in [0.4, 0.5) is 5.69 Å². The second-order valence-electron chi connectivity index (χ2n) is 12.1. The lowest BCUT2D eigenvalue weighted by molar-refractivity contribution is 0.102. The third kappa shape index (κ3) is 11.2. The average molecular weight is 565 g/mol. The van der Waals surface area contributed by atoms with Crippen LogP contribution in [0.15, 0.2) is 54.1 Å². The van der Waals surface area contributed by atoms with Crippen LogP contribution in [0.3, 0.4) is 0 Å². The third-order valence-corrected chi connectivity index (χ3v) is 8.32. The number of carbonyl (C=O) groups excluding carboxylic acids is 1. The molecule has 0 aliphatic carbocycles. The van der Waals surface area contributed by atoms with E-state index in [4.69, 9.17) is 4.74 Å². The molecule has 2 aromatic carbocycles. The van der Waals surface area contributed by atoms with E-state index in [-0.39, 0.29) is 11.3 Å². The monoisotopic (exact) mass is 564 g/mol. The van der Waals surface area contributed by atoms with Gasteiger partial charge in [0.05, 0.1) is 18.2 Å². The topological polar surface area (TPSA) is 41.6 Å². The van der Waals surface area contributed by atoms with Crippen molar-refractivity contribution in [2.24, 2.45) is 0 Å². The van der Waals surface area contributed by atoms with E-state index in [0.29, 0.717) is 12.2 Å². The van der Waals surface area contributed by atoms with Gasteiger partial charge in [-0.25, -0.2) is 0 Å². The number of thioether (sulfide) groups is 1. The summed E-state index contributed by atoms with van der Waals surface area (Å²) in [5.74, 6) is 1.68. The molecule has 5 heteroatoms. The molecule has 3 rings (SSSR count). The highest BCUT2D eigenvalue weighted by Crippen LogP contribution is 2.37. The van der Waals surface area contributed by atoms with Crippen LogP contribution in [-0.2, 0) is 12.0 Å². The summed E-state index contributed by atoms with van der Waals surface area (Å²) in [6.45, 7) is 10.4. The molecule has 1 amide bonds. The quantitative estimate of drug-likeness (QED) is 0.183. The van der Waals surface area contributed by atoms with Crippen LogP contribution in [0.1, 0.15) is 126 Å². The zero-order chi connectivity index (χ0) is 28.6. The maximum absolute atomic E-state index is 13.2. The summed E-state index contributed by atoms with van der Waals surface area (Å²) in [6, 6.07) is 14.0. The van der Waals surface area contributed by atoms with Crippen molar-refractivity contribution in [2.75, 3.05) is 17.8 Å². The van der Waals surface area contributed by atoms with Crippen LogP contribution in [0.25, 0.3) is 0 Å². The number of anilines is 1. The van der Waals surface area contributed by atoms with Crippen LogP contribution >= 0.6 is 11.8 Å². The lowest BCUT2D eigenvalue weighted by Crippen LogP contribution is -2.18. The Kier molecular flexibility index (Phi) is 14.0. The molecule has 1 N–H and O–H groups in total. The van der Waals surface area contributed by atoms with Gasteiger partial charge in [0.2, 0.25) is 0 Å². The van der Waals surface area contributed by atoms with E-state index in [0.717, 1.165) is 35.8 Å². The average Bonchev–Trinajstić information content (AvgIpc) is 3.44. The first-order valence-corrected chi connectivity index (χ1v) is 16.6. The number of carbonyl (C=O) groups is 1. The van der Waals surface area contributed by atoms with Gasteiger partial charge >= 0.3 is 0 Å². The minimum atomic E-state index is -0.107. The van der Waals surface area contributed by atoms with Crippen molar-refractivity contribution in [2.45, 2.75) is 117 Å². The van der Waals surface area contributed by atoms with Gasteiger partial charge in [-0.1, -0.05) is 123 Å². The lowest BCUT2D eigenvalue weighted by atomic mass is 9.86. The molecule has 40 heavy (non-hydrogen) atoms. The minimum absolute atomic E-state index is 0.0867. The van der Waals surface area contributed by atoms with Crippen molar-refractivity contribution < 1.29 is 9.53 Å². The number of para-hydroxylation sites is 1. The largest absolute Gasteiger partial charge is 0.491 e. The van der Waals surface area contributed by atoms with Crippen molar-refractivity contribution in [3.63, 3.8) is 0 Å². The number of hydrogen-bond donors (Lipinski definition) is 1. The molecular formula is C35H52N2O2S. The third-order valence-electron chi connectivity index (χ3n) is 7.53. The van der Waals surface area contributed by atoms with Gasteiger partial charge in [0.25, 0.3) is 5.91 Å². The van der Waals surface area contributed by atoms with E-state index in [1.807, 2.05) is 36.4 Å². The Hall–Kier alpha value is -2.40. The molecule has 0 saturated carbocycles. The summed E-state index contributed by atoms with van der Waals surface area (Å²) in [5, 5.41) is 5.26. The fourth-order valence-corrected chi connectivity index (χ4v) is 5.81. The van der Waals surface area contributed by atoms with Gasteiger partial charge in [0, 0.05) is 23.9 Å². The Balaban J connectivity index is 1.47. The molecule has 1 aliphatic heterocycles. The first-order chi connectivity index (χ1) is 19.4. The Morgan fingerprint density at radius 3 is 2.08 bits per heavy atom. The van der Waals surface area contributed by atoms with Gasteiger partial charge in [-0.15, -0.1) is 11.8 Å². The summed E-state index contributed by atoms with van der Waals surface area (Å²) in [6.07, 6.45) is 18.0. The molecule has 0 aromatic heterocycles. The number of hydrogen-bond acceptors (Lipinski definition) is 4. The van der Waals surface area contributed by atoms with Crippen molar-refractivity contribution >= 4 is 23.4 Å². The number of unbranched alkanes of at least 4 members (excludes halogenated alkanes) is 11.